The number of imide groups is 1. The van der Waals surface area contributed by atoms with Crippen molar-refractivity contribution < 1.29 is 9.59 Å². The molecule has 1 atom stereocenters. The molecule has 0 bridgehead atoms. The lowest BCUT2D eigenvalue weighted by Crippen LogP contribution is -2.36. The number of aryl methyl sites for hydroxylation is 1. The molecule has 2 rings (SSSR count). The summed E-state index contributed by atoms with van der Waals surface area (Å²) in [5.41, 5.74) is 2.02. The molecule has 1 aromatic carbocycles. The number of hydrogen-bond acceptors (Lipinski definition) is 4. The minimum absolute atomic E-state index is 0.149. The summed E-state index contributed by atoms with van der Waals surface area (Å²) < 4.78 is 0. The van der Waals surface area contributed by atoms with Crippen LogP contribution in [0.15, 0.2) is 24.3 Å². The minimum Gasteiger partial charge on any atom is -0.365 e. The summed E-state index contributed by atoms with van der Waals surface area (Å²) >= 11 is 1.05. The van der Waals surface area contributed by atoms with E-state index < -0.39 is 5.37 Å². The van der Waals surface area contributed by atoms with E-state index >= 15 is 0 Å². The van der Waals surface area contributed by atoms with Crippen LogP contribution < -0.4 is 5.32 Å². The van der Waals surface area contributed by atoms with Gasteiger partial charge in [-0.3, -0.25) is 14.5 Å². The van der Waals surface area contributed by atoms with Gasteiger partial charge in [-0.15, -0.1) is 0 Å². The standard InChI is InChI=1S/C14H18N2O2S/c1-9(2)8-16-13(17)12(19-14(16)18)15-11-6-4-10(3)5-7-11/h4-7,9,12,15H,8H2,1-3H3. The van der Waals surface area contributed by atoms with Gasteiger partial charge in [-0.05, 0) is 36.7 Å². The number of rotatable bonds is 4. The number of thioether (sulfide) groups is 1. The molecule has 1 fully saturated rings. The smallest absolute Gasteiger partial charge is 0.290 e. The number of nitrogens with zero attached hydrogens (tertiary/aromatic N) is 1. The molecule has 1 unspecified atom stereocenters. The Morgan fingerprint density at radius 3 is 2.47 bits per heavy atom. The van der Waals surface area contributed by atoms with Crippen LogP contribution in [0.25, 0.3) is 0 Å². The first-order valence-corrected chi connectivity index (χ1v) is 7.20. The molecule has 0 radical (unpaired) electrons. The van der Waals surface area contributed by atoms with Crippen molar-refractivity contribution in [2.75, 3.05) is 11.9 Å². The number of benzene rings is 1. The first kappa shape index (κ1) is 13.9. The van der Waals surface area contributed by atoms with Crippen molar-refractivity contribution in [2.45, 2.75) is 26.1 Å². The Morgan fingerprint density at radius 1 is 1.26 bits per heavy atom. The SMILES string of the molecule is Cc1ccc(NC2SC(=O)N(CC(C)C)C2=O)cc1. The van der Waals surface area contributed by atoms with Gasteiger partial charge in [-0.2, -0.15) is 0 Å². The van der Waals surface area contributed by atoms with Crippen LogP contribution in [-0.4, -0.2) is 28.0 Å². The van der Waals surface area contributed by atoms with E-state index in [-0.39, 0.29) is 17.1 Å². The number of hydrogen-bond donors (Lipinski definition) is 1. The van der Waals surface area contributed by atoms with Crippen molar-refractivity contribution >= 4 is 28.6 Å². The molecule has 1 aliphatic rings. The molecule has 0 aliphatic carbocycles. The number of carbonyl (C=O) groups is 2. The van der Waals surface area contributed by atoms with Gasteiger partial charge in [0.25, 0.3) is 11.1 Å². The van der Waals surface area contributed by atoms with Crippen molar-refractivity contribution in [2.24, 2.45) is 5.92 Å². The van der Waals surface area contributed by atoms with Crippen LogP contribution in [0.5, 0.6) is 0 Å². The van der Waals surface area contributed by atoms with Crippen LogP contribution in [0.1, 0.15) is 19.4 Å². The number of nitrogens with one attached hydrogen (secondary N) is 1. The maximum atomic E-state index is 12.1. The normalized spacial score (nSPS) is 19.4. The zero-order valence-electron chi connectivity index (χ0n) is 11.3. The van der Waals surface area contributed by atoms with E-state index in [0.717, 1.165) is 23.0 Å². The topological polar surface area (TPSA) is 49.4 Å². The molecule has 102 valence electrons. The third-order valence-corrected chi connectivity index (χ3v) is 3.80. The van der Waals surface area contributed by atoms with Crippen LogP contribution >= 0.6 is 11.8 Å². The summed E-state index contributed by atoms with van der Waals surface area (Å²) in [5.74, 6) is 0.135. The number of amides is 2. The highest BCUT2D eigenvalue weighted by Gasteiger charge is 2.39. The van der Waals surface area contributed by atoms with Crippen LogP contribution in [0.4, 0.5) is 10.5 Å². The second kappa shape index (κ2) is 5.65. The fourth-order valence-electron chi connectivity index (χ4n) is 1.87. The summed E-state index contributed by atoms with van der Waals surface area (Å²) in [6.07, 6.45) is 0. The fraction of sp³-hybridized carbons (Fsp3) is 0.429. The molecule has 4 nitrogen and oxygen atoms in total. The zero-order chi connectivity index (χ0) is 14.0. The Labute approximate surface area is 117 Å². The van der Waals surface area contributed by atoms with E-state index in [1.54, 1.807) is 0 Å². The van der Waals surface area contributed by atoms with Crippen molar-refractivity contribution in [3.8, 4) is 0 Å². The maximum Gasteiger partial charge on any atom is 0.290 e. The summed E-state index contributed by atoms with van der Waals surface area (Å²) in [7, 11) is 0. The molecule has 5 heteroatoms. The summed E-state index contributed by atoms with van der Waals surface area (Å²) in [5, 5.41) is 2.43. The molecule has 0 aromatic heterocycles. The number of anilines is 1. The quantitative estimate of drug-likeness (QED) is 0.919. The largest absolute Gasteiger partial charge is 0.365 e. The fourth-order valence-corrected chi connectivity index (χ4v) is 2.78. The second-order valence-electron chi connectivity index (χ2n) is 5.12. The molecule has 0 saturated carbocycles. The predicted octanol–water partition coefficient (Wildman–Crippen LogP) is 3.08. The second-order valence-corrected chi connectivity index (χ2v) is 6.17. The van der Waals surface area contributed by atoms with Crippen molar-refractivity contribution in [1.82, 2.24) is 4.90 Å². The lowest BCUT2D eigenvalue weighted by atomic mass is 10.2. The van der Waals surface area contributed by atoms with Crippen molar-refractivity contribution in [3.63, 3.8) is 0 Å². The van der Waals surface area contributed by atoms with E-state index in [2.05, 4.69) is 5.32 Å². The summed E-state index contributed by atoms with van der Waals surface area (Å²) in [4.78, 5) is 25.3. The van der Waals surface area contributed by atoms with Crippen LogP contribution in [-0.2, 0) is 4.79 Å². The van der Waals surface area contributed by atoms with E-state index in [4.69, 9.17) is 0 Å². The molecule has 0 spiro atoms. The van der Waals surface area contributed by atoms with Crippen LogP contribution in [0.3, 0.4) is 0 Å². The maximum absolute atomic E-state index is 12.1. The van der Waals surface area contributed by atoms with E-state index in [1.165, 1.54) is 4.90 Å². The lowest BCUT2D eigenvalue weighted by Gasteiger charge is -2.16. The van der Waals surface area contributed by atoms with Gasteiger partial charge in [0.1, 0.15) is 0 Å². The van der Waals surface area contributed by atoms with E-state index in [1.807, 2.05) is 45.0 Å². The van der Waals surface area contributed by atoms with Gasteiger partial charge in [0, 0.05) is 12.2 Å². The van der Waals surface area contributed by atoms with Gasteiger partial charge >= 0.3 is 0 Å². The Hall–Kier alpha value is -1.49. The Kier molecular flexibility index (Phi) is 4.14. The van der Waals surface area contributed by atoms with Crippen molar-refractivity contribution in [1.29, 1.82) is 0 Å². The highest BCUT2D eigenvalue weighted by atomic mass is 32.2. The van der Waals surface area contributed by atoms with Gasteiger partial charge in [-0.1, -0.05) is 31.5 Å². The average Bonchev–Trinajstić information content (AvgIpc) is 2.60. The van der Waals surface area contributed by atoms with Gasteiger partial charge in [0.2, 0.25) is 0 Å². The molecular formula is C14H18N2O2S. The highest BCUT2D eigenvalue weighted by molar-refractivity contribution is 8.15. The molecule has 1 heterocycles. The van der Waals surface area contributed by atoms with Crippen molar-refractivity contribution in [3.05, 3.63) is 29.8 Å². The summed E-state index contributed by atoms with van der Waals surface area (Å²) in [6.45, 7) is 6.47. The minimum atomic E-state index is -0.506. The molecule has 19 heavy (non-hydrogen) atoms. The molecule has 1 N–H and O–H groups in total. The average molecular weight is 278 g/mol. The first-order valence-electron chi connectivity index (χ1n) is 6.32. The number of carbonyl (C=O) groups excluding carboxylic acids is 2. The molecular weight excluding hydrogens is 260 g/mol. The Bertz CT molecular complexity index is 485. The third-order valence-electron chi connectivity index (χ3n) is 2.83. The Morgan fingerprint density at radius 2 is 1.89 bits per heavy atom. The molecule has 1 aliphatic heterocycles. The monoisotopic (exact) mass is 278 g/mol. The lowest BCUT2D eigenvalue weighted by molar-refractivity contribution is -0.126. The third kappa shape index (κ3) is 3.29. The van der Waals surface area contributed by atoms with E-state index in [0.29, 0.717) is 6.54 Å². The molecule has 1 aromatic rings. The first-order chi connectivity index (χ1) is 8.97. The molecule has 1 saturated heterocycles. The zero-order valence-corrected chi connectivity index (χ0v) is 12.2. The van der Waals surface area contributed by atoms with Crippen LogP contribution in [0, 0.1) is 12.8 Å². The highest BCUT2D eigenvalue weighted by Crippen LogP contribution is 2.28. The van der Waals surface area contributed by atoms with Crippen LogP contribution in [0.2, 0.25) is 0 Å². The molecule has 2 amide bonds. The van der Waals surface area contributed by atoms with Gasteiger partial charge in [0.05, 0.1) is 0 Å². The van der Waals surface area contributed by atoms with E-state index in [9.17, 15) is 9.59 Å². The van der Waals surface area contributed by atoms with Gasteiger partial charge in [0.15, 0.2) is 5.37 Å². The van der Waals surface area contributed by atoms with Gasteiger partial charge < -0.3 is 5.32 Å². The van der Waals surface area contributed by atoms with Gasteiger partial charge in [-0.25, -0.2) is 0 Å². The predicted molar refractivity (Wildman–Crippen MR) is 78.1 cm³/mol. The summed E-state index contributed by atoms with van der Waals surface area (Å²) in [6, 6.07) is 7.78. The Balaban J connectivity index is 2.04.